The first-order chi connectivity index (χ1) is 7.37. The maximum Gasteiger partial charge on any atom is 0.209 e. The van der Waals surface area contributed by atoms with Crippen molar-refractivity contribution < 1.29 is 13.2 Å². The Bertz CT molecular complexity index is 424. The molecule has 4 aliphatic carbocycles. The molecule has 2 atom stereocenters. The van der Waals surface area contributed by atoms with Gasteiger partial charge in [-0.05, 0) is 38.0 Å². The normalized spacial score (nSPS) is 46.3. The lowest BCUT2D eigenvalue weighted by atomic mass is 9.53. The highest BCUT2D eigenvalue weighted by Gasteiger charge is 2.55. The molecule has 0 aromatic heterocycles. The number of Topliss-reactive ketones (excluding diaryl/α,β-unsaturated/α-hetero) is 1. The van der Waals surface area contributed by atoms with Gasteiger partial charge in [-0.2, -0.15) is 0 Å². The molecule has 4 nitrogen and oxygen atoms in total. The highest BCUT2D eigenvalue weighted by molar-refractivity contribution is 7.88. The van der Waals surface area contributed by atoms with Crippen LogP contribution in [0, 0.1) is 17.8 Å². The van der Waals surface area contributed by atoms with Gasteiger partial charge in [0.2, 0.25) is 10.0 Å². The van der Waals surface area contributed by atoms with Crippen LogP contribution in [0.1, 0.15) is 32.1 Å². The minimum absolute atomic E-state index is 0.125. The highest BCUT2D eigenvalue weighted by Crippen LogP contribution is 2.54. The Morgan fingerprint density at radius 2 is 1.75 bits per heavy atom. The van der Waals surface area contributed by atoms with Crippen molar-refractivity contribution in [3.05, 3.63) is 0 Å². The Labute approximate surface area is 95.8 Å². The smallest absolute Gasteiger partial charge is 0.209 e. The minimum atomic E-state index is -3.17. The Hall–Kier alpha value is -0.420. The van der Waals surface area contributed by atoms with Crippen molar-refractivity contribution in [2.45, 2.75) is 37.6 Å². The van der Waals surface area contributed by atoms with Crippen LogP contribution in [-0.4, -0.2) is 26.0 Å². The lowest BCUT2D eigenvalue weighted by Gasteiger charge is -2.55. The molecular formula is C11H17NO3S. The molecule has 4 rings (SSSR count). The average molecular weight is 243 g/mol. The largest absolute Gasteiger partial charge is 0.299 e. The van der Waals surface area contributed by atoms with Crippen molar-refractivity contribution in [1.29, 1.82) is 0 Å². The third-order valence-corrected chi connectivity index (χ3v) is 5.20. The Kier molecular flexibility index (Phi) is 2.06. The second-order valence-corrected chi connectivity index (χ2v) is 7.65. The van der Waals surface area contributed by atoms with Crippen LogP contribution in [0.25, 0.3) is 0 Å². The van der Waals surface area contributed by atoms with Gasteiger partial charge in [-0.3, -0.25) is 4.79 Å². The zero-order valence-electron chi connectivity index (χ0n) is 9.40. The molecule has 5 heteroatoms. The van der Waals surface area contributed by atoms with Crippen LogP contribution in [0.15, 0.2) is 0 Å². The zero-order chi connectivity index (χ0) is 11.6. The van der Waals surface area contributed by atoms with E-state index in [0.29, 0.717) is 11.7 Å². The summed E-state index contributed by atoms with van der Waals surface area (Å²) in [4.78, 5) is 11.9. The number of hydrogen-bond donors (Lipinski definition) is 1. The second-order valence-electron chi connectivity index (χ2n) is 5.90. The summed E-state index contributed by atoms with van der Waals surface area (Å²) >= 11 is 0. The monoisotopic (exact) mass is 243 g/mol. The first-order valence-corrected chi connectivity index (χ1v) is 7.79. The molecule has 16 heavy (non-hydrogen) atoms. The Morgan fingerprint density at radius 3 is 2.25 bits per heavy atom. The van der Waals surface area contributed by atoms with E-state index in [2.05, 4.69) is 4.72 Å². The zero-order valence-corrected chi connectivity index (χ0v) is 10.2. The fourth-order valence-electron chi connectivity index (χ4n) is 4.27. The lowest BCUT2D eigenvalue weighted by Crippen LogP contribution is -2.62. The maximum atomic E-state index is 11.9. The molecule has 2 unspecified atom stereocenters. The minimum Gasteiger partial charge on any atom is -0.299 e. The summed E-state index contributed by atoms with van der Waals surface area (Å²) < 4.78 is 25.6. The average Bonchev–Trinajstić information content (AvgIpc) is 2.08. The molecule has 0 amide bonds. The molecule has 0 spiro atoms. The van der Waals surface area contributed by atoms with E-state index in [1.165, 1.54) is 6.26 Å². The summed E-state index contributed by atoms with van der Waals surface area (Å²) in [7, 11) is -3.17. The summed E-state index contributed by atoms with van der Waals surface area (Å²) in [5.41, 5.74) is -0.294. The van der Waals surface area contributed by atoms with E-state index >= 15 is 0 Å². The lowest BCUT2D eigenvalue weighted by molar-refractivity contribution is -0.142. The summed E-state index contributed by atoms with van der Waals surface area (Å²) in [5.74, 6) is 1.20. The molecule has 0 saturated heterocycles. The summed E-state index contributed by atoms with van der Waals surface area (Å²) in [5, 5.41) is 0. The summed E-state index contributed by atoms with van der Waals surface area (Å²) in [6, 6.07) is 0. The quantitative estimate of drug-likeness (QED) is 0.776. The molecule has 0 heterocycles. The van der Waals surface area contributed by atoms with Gasteiger partial charge in [-0.15, -0.1) is 0 Å². The van der Waals surface area contributed by atoms with E-state index in [-0.39, 0.29) is 17.4 Å². The van der Waals surface area contributed by atoms with Crippen molar-refractivity contribution in [1.82, 2.24) is 4.72 Å². The van der Waals surface area contributed by atoms with Crippen LogP contribution in [0.2, 0.25) is 0 Å². The molecule has 4 fully saturated rings. The Morgan fingerprint density at radius 1 is 1.19 bits per heavy atom. The number of carbonyl (C=O) groups is 1. The van der Waals surface area contributed by atoms with Gasteiger partial charge in [-0.1, -0.05) is 0 Å². The van der Waals surface area contributed by atoms with Crippen LogP contribution in [0.4, 0.5) is 0 Å². The van der Waals surface area contributed by atoms with Gasteiger partial charge >= 0.3 is 0 Å². The van der Waals surface area contributed by atoms with E-state index in [1.807, 2.05) is 0 Å². The number of hydrogen-bond acceptors (Lipinski definition) is 3. The fourth-order valence-corrected chi connectivity index (χ4v) is 5.30. The molecular weight excluding hydrogens is 226 g/mol. The van der Waals surface area contributed by atoms with E-state index in [0.717, 1.165) is 32.1 Å². The fraction of sp³-hybridized carbons (Fsp3) is 0.909. The molecule has 1 N–H and O–H groups in total. The van der Waals surface area contributed by atoms with Crippen LogP contribution >= 0.6 is 0 Å². The van der Waals surface area contributed by atoms with Gasteiger partial charge in [0.25, 0.3) is 0 Å². The standard InChI is InChI=1S/C11H17NO3S/c1-16(14,15)12-11-4-7-2-8(5-11)10(13)9(3-7)6-11/h7-9,12H,2-6H2,1H3. The number of nitrogens with one attached hydrogen (secondary N) is 1. The highest BCUT2D eigenvalue weighted by atomic mass is 32.2. The Balaban J connectivity index is 1.91. The van der Waals surface area contributed by atoms with Crippen molar-refractivity contribution in [3.63, 3.8) is 0 Å². The second kappa shape index (κ2) is 3.07. The van der Waals surface area contributed by atoms with Crippen molar-refractivity contribution in [2.24, 2.45) is 17.8 Å². The first-order valence-electron chi connectivity index (χ1n) is 5.90. The molecule has 4 saturated carbocycles. The van der Waals surface area contributed by atoms with Gasteiger partial charge in [0.15, 0.2) is 0 Å². The first kappa shape index (κ1) is 10.7. The van der Waals surface area contributed by atoms with Gasteiger partial charge in [0, 0.05) is 17.4 Å². The van der Waals surface area contributed by atoms with E-state index in [1.54, 1.807) is 0 Å². The van der Waals surface area contributed by atoms with E-state index in [4.69, 9.17) is 0 Å². The van der Waals surface area contributed by atoms with Gasteiger partial charge in [0.1, 0.15) is 5.78 Å². The van der Waals surface area contributed by atoms with Gasteiger partial charge in [-0.25, -0.2) is 13.1 Å². The third kappa shape index (κ3) is 1.61. The summed E-state index contributed by atoms with van der Waals surface area (Å²) in [6.45, 7) is 0. The topological polar surface area (TPSA) is 63.2 Å². The molecule has 0 aromatic carbocycles. The number of rotatable bonds is 2. The maximum absolute atomic E-state index is 11.9. The molecule has 0 radical (unpaired) electrons. The molecule has 90 valence electrons. The SMILES string of the molecule is CS(=O)(=O)NC12CC3CC(C1)C(=O)C(C3)C2. The van der Waals surface area contributed by atoms with Crippen LogP contribution in [0.3, 0.4) is 0 Å². The number of carbonyl (C=O) groups excluding carboxylic acids is 1. The van der Waals surface area contributed by atoms with Crippen LogP contribution in [-0.2, 0) is 14.8 Å². The van der Waals surface area contributed by atoms with E-state index < -0.39 is 10.0 Å². The van der Waals surface area contributed by atoms with Crippen molar-refractivity contribution >= 4 is 15.8 Å². The number of ketones is 1. The predicted octanol–water partition coefficient (Wildman–Crippen LogP) is 0.683. The third-order valence-electron chi connectivity index (χ3n) is 4.40. The van der Waals surface area contributed by atoms with E-state index in [9.17, 15) is 13.2 Å². The molecule has 4 aliphatic rings. The van der Waals surface area contributed by atoms with Crippen LogP contribution < -0.4 is 4.72 Å². The number of sulfonamides is 1. The molecule has 4 bridgehead atoms. The van der Waals surface area contributed by atoms with Crippen molar-refractivity contribution in [3.8, 4) is 0 Å². The predicted molar refractivity (Wildman–Crippen MR) is 59.3 cm³/mol. The molecule has 0 aromatic rings. The van der Waals surface area contributed by atoms with Gasteiger partial charge in [0.05, 0.1) is 6.26 Å². The van der Waals surface area contributed by atoms with Crippen molar-refractivity contribution in [2.75, 3.05) is 6.26 Å². The summed E-state index contributed by atoms with van der Waals surface area (Å²) in [6.07, 6.45) is 5.58. The van der Waals surface area contributed by atoms with Gasteiger partial charge < -0.3 is 0 Å². The molecule has 0 aliphatic heterocycles. The van der Waals surface area contributed by atoms with Crippen LogP contribution in [0.5, 0.6) is 0 Å².